The number of nitrogens with zero attached hydrogens (tertiary/aromatic N) is 2. The molecule has 3 N–H and O–H groups in total. The Balaban J connectivity index is 2.00. The molecule has 3 aromatic heterocycles. The van der Waals surface area contributed by atoms with Crippen LogP contribution in [0.1, 0.15) is 42.4 Å². The number of aliphatic hydroxyl groups is 1. The first-order valence-corrected chi connectivity index (χ1v) is 11.6. The lowest BCUT2D eigenvalue weighted by atomic mass is 9.96. The summed E-state index contributed by atoms with van der Waals surface area (Å²) < 4.78 is 7.63. The number of para-hydroxylation sites is 1. The van der Waals surface area contributed by atoms with Crippen molar-refractivity contribution in [2.24, 2.45) is 7.05 Å². The number of carbonyl (C=O) groups is 1. The van der Waals surface area contributed by atoms with Crippen molar-refractivity contribution in [2.75, 3.05) is 6.54 Å². The number of aromatic nitrogens is 3. The summed E-state index contributed by atoms with van der Waals surface area (Å²) in [6.07, 6.45) is 3.21. The van der Waals surface area contributed by atoms with Crippen LogP contribution in [0.15, 0.2) is 47.5 Å². The normalized spacial score (nSPS) is 11.6. The SMILES string of the molecule is CCNC(=O)c1cc2c(-c3cc(C(C)(C)O)cnc3Oc3c(C)cccc3Cl)cn(C)c(=O)c2[nH]1. The number of aryl methyl sites for hydroxylation is 2. The molecule has 0 atom stereocenters. The van der Waals surface area contributed by atoms with E-state index in [1.54, 1.807) is 51.5 Å². The zero-order chi connectivity index (χ0) is 25.5. The van der Waals surface area contributed by atoms with Gasteiger partial charge in [0.2, 0.25) is 5.88 Å². The van der Waals surface area contributed by atoms with Gasteiger partial charge in [-0.1, -0.05) is 23.7 Å². The molecule has 1 amide bonds. The molecule has 0 unspecified atom stereocenters. The van der Waals surface area contributed by atoms with Gasteiger partial charge in [0.15, 0.2) is 5.75 Å². The van der Waals surface area contributed by atoms with Crippen LogP contribution in [0.25, 0.3) is 22.0 Å². The maximum absolute atomic E-state index is 12.9. The molecule has 0 fully saturated rings. The van der Waals surface area contributed by atoms with Crippen molar-refractivity contribution < 1.29 is 14.6 Å². The zero-order valence-corrected chi connectivity index (χ0v) is 20.9. The fraction of sp³-hybridized carbons (Fsp3) is 0.269. The second-order valence-electron chi connectivity index (χ2n) is 8.91. The largest absolute Gasteiger partial charge is 0.437 e. The van der Waals surface area contributed by atoms with E-state index in [0.717, 1.165) is 5.56 Å². The fourth-order valence-electron chi connectivity index (χ4n) is 3.83. The number of hydrogen-bond acceptors (Lipinski definition) is 5. The Hall–Kier alpha value is -3.62. The summed E-state index contributed by atoms with van der Waals surface area (Å²) in [4.78, 5) is 32.8. The van der Waals surface area contributed by atoms with Crippen molar-refractivity contribution in [1.82, 2.24) is 19.9 Å². The van der Waals surface area contributed by atoms with Crippen molar-refractivity contribution >= 4 is 28.4 Å². The van der Waals surface area contributed by atoms with Crippen LogP contribution < -0.4 is 15.6 Å². The van der Waals surface area contributed by atoms with E-state index in [9.17, 15) is 14.7 Å². The molecule has 3 heterocycles. The number of benzene rings is 1. The average molecular weight is 495 g/mol. The minimum atomic E-state index is -1.18. The Kier molecular flexibility index (Phi) is 6.44. The van der Waals surface area contributed by atoms with Gasteiger partial charge in [0.1, 0.15) is 11.2 Å². The lowest BCUT2D eigenvalue weighted by molar-refractivity contribution is 0.0782. The molecular formula is C26H27ClN4O4. The van der Waals surface area contributed by atoms with Gasteiger partial charge in [0.05, 0.1) is 10.6 Å². The number of pyridine rings is 2. The summed E-state index contributed by atoms with van der Waals surface area (Å²) >= 11 is 6.40. The van der Waals surface area contributed by atoms with Crippen molar-refractivity contribution in [3.8, 4) is 22.8 Å². The first-order chi connectivity index (χ1) is 16.5. The van der Waals surface area contributed by atoms with E-state index in [4.69, 9.17) is 16.3 Å². The highest BCUT2D eigenvalue weighted by Gasteiger charge is 2.24. The molecule has 0 saturated heterocycles. The number of ether oxygens (including phenoxy) is 1. The van der Waals surface area contributed by atoms with Gasteiger partial charge in [0, 0.05) is 48.1 Å². The molecule has 1 aromatic carbocycles. The molecule has 4 rings (SSSR count). The first-order valence-electron chi connectivity index (χ1n) is 11.2. The third-order valence-electron chi connectivity index (χ3n) is 5.76. The third-order valence-corrected chi connectivity index (χ3v) is 6.05. The number of halogens is 1. The van der Waals surface area contributed by atoms with E-state index in [0.29, 0.717) is 39.4 Å². The van der Waals surface area contributed by atoms with Crippen LogP contribution in [0.2, 0.25) is 5.02 Å². The molecule has 0 aliphatic heterocycles. The van der Waals surface area contributed by atoms with E-state index in [2.05, 4.69) is 15.3 Å². The molecule has 0 saturated carbocycles. The summed E-state index contributed by atoms with van der Waals surface area (Å²) in [5, 5.41) is 14.4. The Morgan fingerprint density at radius 2 is 2.03 bits per heavy atom. The first kappa shape index (κ1) is 24.5. The lowest BCUT2D eigenvalue weighted by Crippen LogP contribution is -2.23. The number of rotatable bonds is 6. The highest BCUT2D eigenvalue weighted by molar-refractivity contribution is 6.32. The monoisotopic (exact) mass is 494 g/mol. The highest BCUT2D eigenvalue weighted by atomic mass is 35.5. The Morgan fingerprint density at radius 3 is 2.69 bits per heavy atom. The molecule has 0 aliphatic rings. The van der Waals surface area contributed by atoms with Gasteiger partial charge in [-0.15, -0.1) is 0 Å². The van der Waals surface area contributed by atoms with Crippen molar-refractivity contribution in [2.45, 2.75) is 33.3 Å². The van der Waals surface area contributed by atoms with Crippen molar-refractivity contribution in [1.29, 1.82) is 0 Å². The van der Waals surface area contributed by atoms with Crippen molar-refractivity contribution in [3.05, 3.63) is 74.9 Å². The van der Waals surface area contributed by atoms with Crippen LogP contribution in [0.4, 0.5) is 0 Å². The van der Waals surface area contributed by atoms with Gasteiger partial charge in [-0.05, 0) is 51.5 Å². The molecular weight excluding hydrogens is 468 g/mol. The maximum atomic E-state index is 12.9. The van der Waals surface area contributed by atoms with Crippen LogP contribution in [0.3, 0.4) is 0 Å². The van der Waals surface area contributed by atoms with Gasteiger partial charge in [-0.2, -0.15) is 0 Å². The zero-order valence-electron chi connectivity index (χ0n) is 20.2. The van der Waals surface area contributed by atoms with E-state index in [-0.39, 0.29) is 28.6 Å². The fourth-order valence-corrected chi connectivity index (χ4v) is 4.09. The number of nitrogens with one attached hydrogen (secondary N) is 2. The number of hydrogen-bond donors (Lipinski definition) is 3. The van der Waals surface area contributed by atoms with Crippen LogP contribution in [0, 0.1) is 6.92 Å². The maximum Gasteiger partial charge on any atom is 0.274 e. The van der Waals surface area contributed by atoms with Crippen LogP contribution in [-0.4, -0.2) is 32.1 Å². The average Bonchev–Trinajstić information content (AvgIpc) is 3.24. The molecule has 4 aromatic rings. The predicted molar refractivity (Wildman–Crippen MR) is 136 cm³/mol. The minimum absolute atomic E-state index is 0.245. The Morgan fingerprint density at radius 1 is 1.29 bits per heavy atom. The van der Waals surface area contributed by atoms with Gasteiger partial charge < -0.3 is 24.7 Å². The smallest absolute Gasteiger partial charge is 0.274 e. The number of carbonyl (C=O) groups excluding carboxylic acids is 1. The van der Waals surface area contributed by atoms with Crippen LogP contribution in [-0.2, 0) is 12.6 Å². The Labute approximate surface area is 207 Å². The number of aromatic amines is 1. The van der Waals surface area contributed by atoms with Gasteiger partial charge in [0.25, 0.3) is 11.5 Å². The minimum Gasteiger partial charge on any atom is -0.437 e. The molecule has 35 heavy (non-hydrogen) atoms. The third kappa shape index (κ3) is 4.67. The summed E-state index contributed by atoms with van der Waals surface area (Å²) in [6.45, 7) is 7.46. The molecule has 182 valence electrons. The number of fused-ring (bicyclic) bond motifs is 1. The Bertz CT molecular complexity index is 1480. The van der Waals surface area contributed by atoms with Gasteiger partial charge >= 0.3 is 0 Å². The van der Waals surface area contributed by atoms with Crippen LogP contribution >= 0.6 is 11.6 Å². The van der Waals surface area contributed by atoms with Gasteiger partial charge in [-0.25, -0.2) is 4.98 Å². The van der Waals surface area contributed by atoms with E-state index in [1.165, 1.54) is 4.57 Å². The van der Waals surface area contributed by atoms with Crippen molar-refractivity contribution in [3.63, 3.8) is 0 Å². The molecule has 0 bridgehead atoms. The second-order valence-corrected chi connectivity index (χ2v) is 9.32. The molecule has 0 aliphatic carbocycles. The summed E-state index contributed by atoms with van der Waals surface area (Å²) in [6, 6.07) is 8.84. The molecule has 8 nitrogen and oxygen atoms in total. The topological polar surface area (TPSA) is 109 Å². The van der Waals surface area contributed by atoms with E-state index >= 15 is 0 Å². The highest BCUT2D eigenvalue weighted by Crippen LogP contribution is 2.40. The van der Waals surface area contributed by atoms with E-state index < -0.39 is 5.60 Å². The van der Waals surface area contributed by atoms with Gasteiger partial charge in [-0.3, -0.25) is 9.59 Å². The summed E-state index contributed by atoms with van der Waals surface area (Å²) in [5.74, 6) is 0.384. The quantitative estimate of drug-likeness (QED) is 0.361. The summed E-state index contributed by atoms with van der Waals surface area (Å²) in [5.41, 5.74) is 1.60. The number of amides is 1. The summed E-state index contributed by atoms with van der Waals surface area (Å²) in [7, 11) is 1.63. The number of H-pyrrole nitrogens is 1. The standard InChI is InChI=1S/C26H27ClN4O4/c1-6-28-23(32)20-11-16-18(13-31(5)25(33)21(16)30-20)17-10-15(26(3,4)34)12-29-24(17)35-22-14(2)8-7-9-19(22)27/h7-13,30,34H,6H2,1-5H3,(H,28,32). The predicted octanol–water partition coefficient (Wildman–Crippen LogP) is 4.66. The van der Waals surface area contributed by atoms with E-state index in [1.807, 2.05) is 26.0 Å². The van der Waals surface area contributed by atoms with Crippen LogP contribution in [0.5, 0.6) is 11.6 Å². The molecule has 0 spiro atoms. The second kappa shape index (κ2) is 9.20. The lowest BCUT2D eigenvalue weighted by Gasteiger charge is -2.20. The molecule has 0 radical (unpaired) electrons. The molecule has 9 heteroatoms.